The third-order valence-corrected chi connectivity index (χ3v) is 6.76. The molecule has 282 valence electrons. The highest BCUT2D eigenvalue weighted by molar-refractivity contribution is 5.81. The standard InChI is InChI=1S/C31H48N4O15/c1-18(36)44-17-24(40)34-26-22(46-19(2)37)15-31(29(42)43-8,45-14-12-10-9-11-13-25(41)49-30(5,6)7)50-28(26)27(48-21(4)39)23(16-33-35-32)47-20(3)38/h22-23,26-28H,9-17H2,1-8H3,(H,34,40)/t22-,23+,26+,27+,28+,31+/m0/s1. The molecular weight excluding hydrogens is 668 g/mol. The van der Waals surface area contributed by atoms with Gasteiger partial charge in [-0.3, -0.25) is 28.8 Å². The minimum absolute atomic E-state index is 0.116. The lowest BCUT2D eigenvalue weighted by Gasteiger charge is -2.48. The fraction of sp³-hybridized carbons (Fsp3) is 0.774. The molecule has 19 nitrogen and oxygen atoms in total. The molecule has 1 rings (SSSR count). The van der Waals surface area contributed by atoms with Gasteiger partial charge in [-0.05, 0) is 39.1 Å². The quantitative estimate of drug-likeness (QED) is 0.0501. The molecule has 0 saturated carbocycles. The van der Waals surface area contributed by atoms with E-state index in [0.29, 0.717) is 25.7 Å². The van der Waals surface area contributed by atoms with Crippen LogP contribution in [0.25, 0.3) is 10.4 Å². The van der Waals surface area contributed by atoms with Crippen LogP contribution < -0.4 is 5.32 Å². The van der Waals surface area contributed by atoms with Crippen LogP contribution in [-0.2, 0) is 71.5 Å². The van der Waals surface area contributed by atoms with E-state index in [9.17, 15) is 33.6 Å². The summed E-state index contributed by atoms with van der Waals surface area (Å²) in [5, 5.41) is 5.93. The topological polar surface area (TPSA) is 254 Å². The number of unbranched alkanes of at least 4 members (excludes halogenated alkanes) is 3. The van der Waals surface area contributed by atoms with Crippen LogP contribution in [0.2, 0.25) is 0 Å². The van der Waals surface area contributed by atoms with Crippen LogP contribution in [-0.4, -0.2) is 110 Å². The van der Waals surface area contributed by atoms with Crippen LogP contribution in [0, 0.1) is 0 Å². The van der Waals surface area contributed by atoms with Crippen molar-refractivity contribution in [2.24, 2.45) is 5.11 Å². The highest BCUT2D eigenvalue weighted by Crippen LogP contribution is 2.37. The number of hydrogen-bond donors (Lipinski definition) is 1. The van der Waals surface area contributed by atoms with Crippen molar-refractivity contribution in [1.29, 1.82) is 0 Å². The zero-order valence-electron chi connectivity index (χ0n) is 29.7. The molecule has 1 amide bonds. The first-order valence-electron chi connectivity index (χ1n) is 15.9. The maximum Gasteiger partial charge on any atom is 0.366 e. The minimum Gasteiger partial charge on any atom is -0.465 e. The Morgan fingerprint density at radius 3 is 2.12 bits per heavy atom. The normalized spacial score (nSPS) is 21.2. The van der Waals surface area contributed by atoms with E-state index in [1.165, 1.54) is 0 Å². The average Bonchev–Trinajstić information content (AvgIpc) is 2.99. The lowest BCUT2D eigenvalue weighted by Crippen LogP contribution is -2.69. The summed E-state index contributed by atoms with van der Waals surface area (Å²) >= 11 is 0. The Kier molecular flexibility index (Phi) is 18.2. The van der Waals surface area contributed by atoms with Crippen LogP contribution in [0.5, 0.6) is 0 Å². The summed E-state index contributed by atoms with van der Waals surface area (Å²) in [6, 6.07) is -1.47. The van der Waals surface area contributed by atoms with Gasteiger partial charge in [0.1, 0.15) is 23.9 Å². The van der Waals surface area contributed by atoms with Crippen LogP contribution in [0.4, 0.5) is 0 Å². The molecule has 19 heteroatoms. The number of rotatable bonds is 19. The van der Waals surface area contributed by atoms with Crippen LogP contribution in [0.15, 0.2) is 5.11 Å². The molecule has 0 bridgehead atoms. The molecule has 0 radical (unpaired) electrons. The van der Waals surface area contributed by atoms with Crippen molar-refractivity contribution >= 4 is 41.7 Å². The predicted molar refractivity (Wildman–Crippen MR) is 168 cm³/mol. The average molecular weight is 717 g/mol. The second-order valence-corrected chi connectivity index (χ2v) is 12.3. The van der Waals surface area contributed by atoms with E-state index >= 15 is 0 Å². The number of nitrogens with one attached hydrogen (secondary N) is 1. The van der Waals surface area contributed by atoms with E-state index in [4.69, 9.17) is 43.4 Å². The molecule has 1 saturated heterocycles. The maximum atomic E-state index is 13.4. The highest BCUT2D eigenvalue weighted by Gasteiger charge is 2.59. The van der Waals surface area contributed by atoms with Crippen molar-refractivity contribution in [2.75, 3.05) is 26.9 Å². The summed E-state index contributed by atoms with van der Waals surface area (Å²) in [7, 11) is 1.04. The number of carbonyl (C=O) groups excluding carboxylic acids is 7. The van der Waals surface area contributed by atoms with Crippen LogP contribution in [0.1, 0.15) is 87.0 Å². The van der Waals surface area contributed by atoms with E-state index < -0.39 is 97.2 Å². The first kappa shape index (κ1) is 43.5. The monoisotopic (exact) mass is 716 g/mol. The molecular formula is C31H48N4O15. The third-order valence-electron chi connectivity index (χ3n) is 6.76. The smallest absolute Gasteiger partial charge is 0.366 e. The molecule has 0 spiro atoms. The van der Waals surface area contributed by atoms with Gasteiger partial charge >= 0.3 is 35.8 Å². The van der Waals surface area contributed by atoms with E-state index in [1.54, 1.807) is 20.8 Å². The molecule has 1 fully saturated rings. The molecule has 50 heavy (non-hydrogen) atoms. The van der Waals surface area contributed by atoms with Gasteiger partial charge < -0.3 is 43.2 Å². The largest absolute Gasteiger partial charge is 0.465 e. The molecule has 1 heterocycles. The van der Waals surface area contributed by atoms with Crippen molar-refractivity contribution in [3.63, 3.8) is 0 Å². The molecule has 0 aromatic heterocycles. The fourth-order valence-electron chi connectivity index (χ4n) is 4.99. The summed E-state index contributed by atoms with van der Waals surface area (Å²) in [6.07, 6.45) is -4.71. The molecule has 0 aromatic carbocycles. The van der Waals surface area contributed by atoms with Gasteiger partial charge in [0, 0.05) is 39.0 Å². The molecule has 6 atom stereocenters. The Morgan fingerprint density at radius 2 is 1.58 bits per heavy atom. The van der Waals surface area contributed by atoms with Crippen molar-refractivity contribution < 1.29 is 71.5 Å². The minimum atomic E-state index is -2.34. The zero-order valence-corrected chi connectivity index (χ0v) is 29.7. The van der Waals surface area contributed by atoms with Crippen LogP contribution >= 0.6 is 0 Å². The third kappa shape index (κ3) is 15.8. The van der Waals surface area contributed by atoms with Crippen molar-refractivity contribution in [3.8, 4) is 0 Å². The van der Waals surface area contributed by atoms with Gasteiger partial charge in [-0.25, -0.2) is 4.79 Å². The molecule has 1 aliphatic heterocycles. The second-order valence-electron chi connectivity index (χ2n) is 12.3. The second kappa shape index (κ2) is 20.9. The number of amides is 1. The van der Waals surface area contributed by atoms with E-state index in [-0.39, 0.29) is 19.0 Å². The Morgan fingerprint density at radius 1 is 0.940 bits per heavy atom. The molecule has 0 unspecified atom stereocenters. The summed E-state index contributed by atoms with van der Waals surface area (Å²) < 4.78 is 43.6. The number of ether oxygens (including phenoxy) is 8. The summed E-state index contributed by atoms with van der Waals surface area (Å²) in [4.78, 5) is 89.2. The van der Waals surface area contributed by atoms with E-state index in [0.717, 1.165) is 34.8 Å². The van der Waals surface area contributed by atoms with Crippen molar-refractivity contribution in [2.45, 2.75) is 129 Å². The molecule has 1 N–H and O–H groups in total. The Balaban J connectivity index is 3.55. The van der Waals surface area contributed by atoms with Gasteiger partial charge in [0.25, 0.3) is 11.7 Å². The zero-order chi connectivity index (χ0) is 38.1. The molecule has 0 aliphatic carbocycles. The first-order chi connectivity index (χ1) is 23.3. The van der Waals surface area contributed by atoms with Gasteiger partial charge in [0.15, 0.2) is 12.7 Å². The number of esters is 6. The van der Waals surface area contributed by atoms with Crippen molar-refractivity contribution in [1.82, 2.24) is 5.32 Å². The lowest BCUT2D eigenvalue weighted by molar-refractivity contribution is -0.313. The first-order valence-corrected chi connectivity index (χ1v) is 15.9. The number of nitrogens with zero attached hydrogens (tertiary/aromatic N) is 3. The molecule has 1 aliphatic rings. The number of methoxy groups -OCH3 is 1. The summed E-state index contributed by atoms with van der Waals surface area (Å²) in [6.45, 7) is 8.00. The van der Waals surface area contributed by atoms with Gasteiger partial charge in [0.2, 0.25) is 0 Å². The predicted octanol–water partition coefficient (Wildman–Crippen LogP) is 2.11. The summed E-state index contributed by atoms with van der Waals surface area (Å²) in [5.74, 6) is -8.13. The fourth-order valence-corrected chi connectivity index (χ4v) is 4.99. The SMILES string of the molecule is COC(=O)[C@@]1(OCCCCCCC(=O)OC(C)(C)C)C[C@H](OC(C)=O)[C@@H](NC(=O)COC(C)=O)[C@H]([C@H](OC(C)=O)[C@@H](CN=[N+]=[N-])OC(C)=O)O1. The molecule has 0 aromatic rings. The Labute approximate surface area is 289 Å². The van der Waals surface area contributed by atoms with Crippen molar-refractivity contribution in [3.05, 3.63) is 10.4 Å². The highest BCUT2D eigenvalue weighted by atomic mass is 16.7. The lowest BCUT2D eigenvalue weighted by atomic mass is 9.87. The van der Waals surface area contributed by atoms with Gasteiger partial charge in [-0.1, -0.05) is 18.0 Å². The van der Waals surface area contributed by atoms with Gasteiger partial charge in [0.05, 0.1) is 32.7 Å². The van der Waals surface area contributed by atoms with Gasteiger partial charge in [-0.2, -0.15) is 0 Å². The number of carbonyl (C=O) groups is 7. The van der Waals surface area contributed by atoms with E-state index in [1.807, 2.05) is 0 Å². The Bertz CT molecular complexity index is 1260. The van der Waals surface area contributed by atoms with Crippen LogP contribution in [0.3, 0.4) is 0 Å². The van der Waals surface area contributed by atoms with E-state index in [2.05, 4.69) is 15.3 Å². The maximum absolute atomic E-state index is 13.4. The number of azide groups is 1. The van der Waals surface area contributed by atoms with Gasteiger partial charge in [-0.15, -0.1) is 0 Å². The summed E-state index contributed by atoms with van der Waals surface area (Å²) in [5.41, 5.74) is 8.39. The Hall–Kier alpha value is -4.48. The number of hydrogen-bond acceptors (Lipinski definition) is 16.